The lowest BCUT2D eigenvalue weighted by atomic mass is 10.2. The van der Waals surface area contributed by atoms with Gasteiger partial charge in [-0.05, 0) is 50.6 Å². The van der Waals surface area contributed by atoms with Crippen molar-refractivity contribution >= 4 is 11.6 Å². The van der Waals surface area contributed by atoms with Gasteiger partial charge in [-0.25, -0.2) is 0 Å². The van der Waals surface area contributed by atoms with Crippen molar-refractivity contribution in [2.24, 2.45) is 0 Å². The predicted octanol–water partition coefficient (Wildman–Crippen LogP) is 2.60. The highest BCUT2D eigenvalue weighted by Gasteiger charge is 2.04. The minimum atomic E-state index is -0.0573. The zero-order valence-corrected chi connectivity index (χ0v) is 11.5. The van der Waals surface area contributed by atoms with Crippen molar-refractivity contribution in [3.63, 3.8) is 0 Å². The maximum absolute atomic E-state index is 11.9. The average Bonchev–Trinajstić information content (AvgIpc) is 2.67. The maximum Gasteiger partial charge on any atom is 0.245 e. The Hall–Kier alpha value is -2.23. The summed E-state index contributed by atoms with van der Waals surface area (Å²) in [4.78, 5) is 11.9. The molecule has 0 aliphatic rings. The van der Waals surface area contributed by atoms with E-state index in [1.54, 1.807) is 0 Å². The van der Waals surface area contributed by atoms with E-state index in [1.165, 1.54) is 0 Å². The van der Waals surface area contributed by atoms with Crippen LogP contribution in [-0.4, -0.2) is 17.1 Å². The third-order valence-electron chi connectivity index (χ3n) is 2.97. The van der Waals surface area contributed by atoms with Crippen molar-refractivity contribution in [2.75, 3.05) is 17.3 Å². The summed E-state index contributed by atoms with van der Waals surface area (Å²) in [5, 5.41) is 2.87. The fourth-order valence-electron chi connectivity index (χ4n) is 2.00. The van der Waals surface area contributed by atoms with Crippen molar-refractivity contribution < 1.29 is 4.79 Å². The molecule has 0 aliphatic carbocycles. The molecule has 1 heterocycles. The number of carbonyl (C=O) groups excluding carboxylic acids is 1. The third kappa shape index (κ3) is 3.37. The normalized spacial score (nSPS) is 10.3. The molecule has 100 valence electrons. The second-order valence-electron chi connectivity index (χ2n) is 4.70. The second kappa shape index (κ2) is 5.61. The number of rotatable bonds is 4. The Bertz CT molecular complexity index is 567. The monoisotopic (exact) mass is 257 g/mol. The molecule has 1 aromatic carbocycles. The van der Waals surface area contributed by atoms with Crippen LogP contribution in [0.25, 0.3) is 0 Å². The van der Waals surface area contributed by atoms with E-state index in [9.17, 15) is 4.79 Å². The van der Waals surface area contributed by atoms with Crippen molar-refractivity contribution in [2.45, 2.75) is 20.8 Å². The summed E-state index contributed by atoms with van der Waals surface area (Å²) in [6.07, 6.45) is 0. The number of aromatic nitrogens is 1. The smallest absolute Gasteiger partial charge is 0.245 e. The lowest BCUT2D eigenvalue weighted by molar-refractivity contribution is -0.114. The van der Waals surface area contributed by atoms with E-state index in [0.717, 1.165) is 22.6 Å². The van der Waals surface area contributed by atoms with Gasteiger partial charge in [-0.2, -0.15) is 0 Å². The van der Waals surface area contributed by atoms with Gasteiger partial charge in [0.25, 0.3) is 0 Å². The molecule has 0 saturated carbocycles. The molecule has 0 unspecified atom stereocenters. The minimum absolute atomic E-state index is 0.0573. The number of benzene rings is 1. The van der Waals surface area contributed by atoms with Crippen LogP contribution in [0, 0.1) is 20.8 Å². The molecule has 0 fully saturated rings. The van der Waals surface area contributed by atoms with Gasteiger partial charge >= 0.3 is 0 Å². The summed E-state index contributed by atoms with van der Waals surface area (Å²) in [7, 11) is 0. The second-order valence-corrected chi connectivity index (χ2v) is 4.70. The summed E-state index contributed by atoms with van der Waals surface area (Å²) in [6, 6.07) is 11.8. The Morgan fingerprint density at radius 2 is 1.79 bits per heavy atom. The van der Waals surface area contributed by atoms with Gasteiger partial charge in [-0.1, -0.05) is 12.1 Å². The zero-order chi connectivity index (χ0) is 13.8. The number of carbonyl (C=O) groups is 1. The van der Waals surface area contributed by atoms with Gasteiger partial charge in [0.2, 0.25) is 5.91 Å². The lowest BCUT2D eigenvalue weighted by Crippen LogP contribution is -2.28. The summed E-state index contributed by atoms with van der Waals surface area (Å²) in [6.45, 7) is 6.24. The van der Waals surface area contributed by atoms with Crippen LogP contribution in [0.2, 0.25) is 0 Å². The number of nitrogens with one attached hydrogen (secondary N) is 2. The lowest BCUT2D eigenvalue weighted by Gasteiger charge is -2.12. The molecular weight excluding hydrogens is 238 g/mol. The van der Waals surface area contributed by atoms with Crippen molar-refractivity contribution in [1.29, 1.82) is 0 Å². The number of hydrogen-bond acceptors (Lipinski definition) is 2. The molecule has 4 heteroatoms. The topological polar surface area (TPSA) is 46.1 Å². The van der Waals surface area contributed by atoms with Gasteiger partial charge in [0.05, 0.1) is 0 Å². The number of aryl methyl sites for hydroxylation is 3. The van der Waals surface area contributed by atoms with Crippen LogP contribution in [0.15, 0.2) is 36.4 Å². The van der Waals surface area contributed by atoms with E-state index < -0.39 is 0 Å². The van der Waals surface area contributed by atoms with Gasteiger partial charge in [0.1, 0.15) is 6.54 Å². The van der Waals surface area contributed by atoms with E-state index in [2.05, 4.69) is 10.7 Å². The van der Waals surface area contributed by atoms with Crippen molar-refractivity contribution in [3.05, 3.63) is 53.3 Å². The first-order chi connectivity index (χ1) is 9.06. The van der Waals surface area contributed by atoms with Gasteiger partial charge in [-0.3, -0.25) is 9.47 Å². The van der Waals surface area contributed by atoms with Gasteiger partial charge in [-0.15, -0.1) is 0 Å². The zero-order valence-electron chi connectivity index (χ0n) is 11.5. The Morgan fingerprint density at radius 1 is 1.11 bits per heavy atom. The van der Waals surface area contributed by atoms with Crippen LogP contribution in [-0.2, 0) is 4.79 Å². The Kier molecular flexibility index (Phi) is 3.90. The van der Waals surface area contributed by atoms with Crippen molar-refractivity contribution in [3.8, 4) is 0 Å². The highest BCUT2D eigenvalue weighted by atomic mass is 16.2. The quantitative estimate of drug-likeness (QED) is 0.884. The number of hydrogen-bond donors (Lipinski definition) is 2. The van der Waals surface area contributed by atoms with Crippen LogP contribution in [0.4, 0.5) is 5.69 Å². The Morgan fingerprint density at radius 3 is 2.42 bits per heavy atom. The Balaban J connectivity index is 1.92. The largest absolute Gasteiger partial charge is 0.324 e. The molecule has 2 N–H and O–H groups in total. The average molecular weight is 257 g/mol. The first-order valence-electron chi connectivity index (χ1n) is 6.31. The molecule has 0 atom stereocenters. The molecule has 0 bridgehead atoms. The van der Waals surface area contributed by atoms with Gasteiger partial charge in [0, 0.05) is 17.1 Å². The van der Waals surface area contributed by atoms with E-state index in [0.29, 0.717) is 0 Å². The van der Waals surface area contributed by atoms with Crippen LogP contribution in [0.3, 0.4) is 0 Å². The fourth-order valence-corrected chi connectivity index (χ4v) is 2.00. The van der Waals surface area contributed by atoms with Gasteiger partial charge in [0.15, 0.2) is 0 Å². The summed E-state index contributed by atoms with van der Waals surface area (Å²) >= 11 is 0. The van der Waals surface area contributed by atoms with Gasteiger partial charge < -0.3 is 10.7 Å². The van der Waals surface area contributed by atoms with Crippen LogP contribution in [0.1, 0.15) is 17.0 Å². The fraction of sp³-hybridized carbons (Fsp3) is 0.267. The molecule has 4 nitrogen and oxygen atoms in total. The van der Waals surface area contributed by atoms with Crippen LogP contribution in [0.5, 0.6) is 0 Å². The number of nitrogens with zero attached hydrogens (tertiary/aromatic N) is 1. The maximum atomic E-state index is 11.9. The molecule has 1 amide bonds. The number of anilines is 1. The van der Waals surface area contributed by atoms with E-state index >= 15 is 0 Å². The first kappa shape index (κ1) is 13.2. The third-order valence-corrected chi connectivity index (χ3v) is 2.97. The number of amides is 1. The molecule has 1 aromatic heterocycles. The molecule has 2 aromatic rings. The molecular formula is C15H19N3O. The standard InChI is InChI=1S/C15H19N3O/c1-11-5-4-6-14(9-11)17-15(19)10-16-18-12(2)7-8-13(18)3/h4-9,16H,10H2,1-3H3,(H,17,19). The molecule has 0 saturated heterocycles. The highest BCUT2D eigenvalue weighted by molar-refractivity contribution is 5.93. The summed E-state index contributed by atoms with van der Waals surface area (Å²) in [5.41, 5.74) is 7.22. The van der Waals surface area contributed by atoms with E-state index in [1.807, 2.05) is 61.8 Å². The molecule has 0 radical (unpaired) electrons. The van der Waals surface area contributed by atoms with Crippen LogP contribution >= 0.6 is 0 Å². The molecule has 0 spiro atoms. The first-order valence-corrected chi connectivity index (χ1v) is 6.31. The van der Waals surface area contributed by atoms with E-state index in [4.69, 9.17) is 0 Å². The SMILES string of the molecule is Cc1cccc(NC(=O)CNn2c(C)ccc2C)c1. The highest BCUT2D eigenvalue weighted by Crippen LogP contribution is 2.09. The molecule has 0 aliphatic heterocycles. The molecule has 19 heavy (non-hydrogen) atoms. The minimum Gasteiger partial charge on any atom is -0.324 e. The van der Waals surface area contributed by atoms with E-state index in [-0.39, 0.29) is 12.5 Å². The van der Waals surface area contributed by atoms with Crippen molar-refractivity contribution in [1.82, 2.24) is 4.68 Å². The summed E-state index contributed by atoms with van der Waals surface area (Å²) in [5.74, 6) is -0.0573. The predicted molar refractivity (Wildman–Crippen MR) is 77.9 cm³/mol. The Labute approximate surface area is 113 Å². The molecule has 2 rings (SSSR count). The van der Waals surface area contributed by atoms with Crippen LogP contribution < -0.4 is 10.7 Å². The summed E-state index contributed by atoms with van der Waals surface area (Å²) < 4.78 is 1.91.